The van der Waals surface area contributed by atoms with E-state index in [1.54, 1.807) is 48.5 Å². The normalized spacial score (nSPS) is 10.9. The fourth-order valence-corrected chi connectivity index (χ4v) is 3.71. The van der Waals surface area contributed by atoms with Crippen molar-refractivity contribution >= 4 is 29.2 Å². The third kappa shape index (κ3) is 8.82. The van der Waals surface area contributed by atoms with Crippen LogP contribution in [0, 0.1) is 5.82 Å². The molecule has 3 aromatic carbocycles. The zero-order chi connectivity index (χ0) is 28.4. The first-order chi connectivity index (χ1) is 18.6. The fourth-order valence-electron chi connectivity index (χ4n) is 3.71. The van der Waals surface area contributed by atoms with Gasteiger partial charge in [0.15, 0.2) is 5.78 Å². The predicted molar refractivity (Wildman–Crippen MR) is 146 cm³/mol. The Labute approximate surface area is 226 Å². The van der Waals surface area contributed by atoms with E-state index in [9.17, 15) is 18.8 Å². The fraction of sp³-hybridized carbons (Fsp3) is 0.276. The molecule has 0 aliphatic carbocycles. The highest BCUT2D eigenvalue weighted by molar-refractivity contribution is 6.00. The number of ether oxygens (including phenoxy) is 3. The number of hydrogen-bond acceptors (Lipinski definition) is 7. The van der Waals surface area contributed by atoms with Crippen molar-refractivity contribution < 1.29 is 33.0 Å². The lowest BCUT2D eigenvalue weighted by atomic mass is 10.1. The van der Waals surface area contributed by atoms with Crippen molar-refractivity contribution in [2.75, 3.05) is 37.9 Å². The Hall–Kier alpha value is -4.44. The summed E-state index contributed by atoms with van der Waals surface area (Å²) in [5.74, 6) is -0.0665. The monoisotopic (exact) mass is 537 g/mol. The van der Waals surface area contributed by atoms with Crippen LogP contribution in [0.2, 0.25) is 0 Å². The molecular formula is C29H32FN3O6. The van der Waals surface area contributed by atoms with Gasteiger partial charge in [-0.2, -0.15) is 0 Å². The van der Waals surface area contributed by atoms with Crippen LogP contribution >= 0.6 is 0 Å². The summed E-state index contributed by atoms with van der Waals surface area (Å²) in [4.78, 5) is 36.4. The summed E-state index contributed by atoms with van der Waals surface area (Å²) in [6.45, 7) is 4.30. The topological polar surface area (TPSA) is 115 Å². The lowest BCUT2D eigenvalue weighted by Gasteiger charge is -2.27. The van der Waals surface area contributed by atoms with Gasteiger partial charge in [-0.1, -0.05) is 18.2 Å². The van der Waals surface area contributed by atoms with Crippen molar-refractivity contribution in [2.45, 2.75) is 25.9 Å². The van der Waals surface area contributed by atoms with Gasteiger partial charge in [-0.15, -0.1) is 0 Å². The Morgan fingerprint density at radius 3 is 2.26 bits per heavy atom. The standard InChI is InChI=1S/C29H32FN3O6/c1-29(2,39-22-12-10-20(11-13-22)27(35)38-4)18-31-17-21(34)15-19-9-14-25(26(16-19)37-3)33-28(36)32-24-8-6-5-7-23(24)30/h5-14,16,31H,15,17-18H2,1-4H3,(H2,32,33,36). The van der Waals surface area contributed by atoms with Crippen LogP contribution in [0.3, 0.4) is 0 Å². The number of rotatable bonds is 12. The second-order valence-corrected chi connectivity index (χ2v) is 9.29. The Balaban J connectivity index is 1.49. The number of ketones is 1. The van der Waals surface area contributed by atoms with Gasteiger partial charge in [-0.25, -0.2) is 14.0 Å². The van der Waals surface area contributed by atoms with E-state index in [1.165, 1.54) is 32.4 Å². The highest BCUT2D eigenvalue weighted by atomic mass is 19.1. The van der Waals surface area contributed by atoms with Crippen molar-refractivity contribution in [3.8, 4) is 11.5 Å². The number of benzene rings is 3. The molecule has 2 amide bonds. The quantitative estimate of drug-likeness (QED) is 0.284. The number of nitrogens with one attached hydrogen (secondary N) is 3. The summed E-state index contributed by atoms with van der Waals surface area (Å²) in [5.41, 5.74) is 0.942. The van der Waals surface area contributed by atoms with Crippen LogP contribution in [0.15, 0.2) is 66.7 Å². The molecule has 3 aromatic rings. The third-order valence-electron chi connectivity index (χ3n) is 5.58. The SMILES string of the molecule is COC(=O)c1ccc(OC(C)(C)CNCC(=O)Cc2ccc(NC(=O)Nc3ccccc3F)c(OC)c2)cc1. The molecule has 0 atom stereocenters. The number of carbonyl (C=O) groups excluding carboxylic acids is 3. The molecule has 0 radical (unpaired) electrons. The van der Waals surface area contributed by atoms with Crippen molar-refractivity contribution in [3.05, 3.63) is 83.7 Å². The first kappa shape index (κ1) is 29.1. The van der Waals surface area contributed by atoms with Crippen molar-refractivity contribution in [1.82, 2.24) is 5.32 Å². The zero-order valence-electron chi connectivity index (χ0n) is 22.3. The first-order valence-corrected chi connectivity index (χ1v) is 12.2. The minimum absolute atomic E-state index is 0.0479. The van der Waals surface area contributed by atoms with E-state index in [4.69, 9.17) is 14.2 Å². The predicted octanol–water partition coefficient (Wildman–Crippen LogP) is 4.82. The number of esters is 1. The van der Waals surface area contributed by atoms with E-state index in [1.807, 2.05) is 13.8 Å². The molecule has 10 heteroatoms. The molecule has 0 unspecified atom stereocenters. The Morgan fingerprint density at radius 1 is 0.897 bits per heavy atom. The molecule has 9 nitrogen and oxygen atoms in total. The van der Waals surface area contributed by atoms with Crippen LogP contribution < -0.4 is 25.4 Å². The number of carbonyl (C=O) groups is 3. The number of methoxy groups -OCH3 is 2. The van der Waals surface area contributed by atoms with E-state index >= 15 is 0 Å². The Bertz CT molecular complexity index is 1310. The van der Waals surface area contributed by atoms with Crippen molar-refractivity contribution in [1.29, 1.82) is 0 Å². The number of hydrogen-bond donors (Lipinski definition) is 3. The number of Topliss-reactive ketones (excluding diaryl/α,β-unsaturated/α-hetero) is 1. The zero-order valence-corrected chi connectivity index (χ0v) is 22.3. The molecule has 0 aliphatic rings. The van der Waals surface area contributed by atoms with Gasteiger partial charge in [-0.05, 0) is 67.9 Å². The lowest BCUT2D eigenvalue weighted by Crippen LogP contribution is -2.42. The molecule has 3 N–H and O–H groups in total. The van der Waals surface area contributed by atoms with Crippen molar-refractivity contribution in [3.63, 3.8) is 0 Å². The Morgan fingerprint density at radius 2 is 1.59 bits per heavy atom. The molecule has 0 spiro atoms. The molecule has 0 aromatic heterocycles. The summed E-state index contributed by atoms with van der Waals surface area (Å²) in [6, 6.07) is 16.8. The van der Waals surface area contributed by atoms with Crippen LogP contribution in [0.25, 0.3) is 0 Å². The van der Waals surface area contributed by atoms with Crippen LogP contribution in [-0.4, -0.2) is 50.7 Å². The van der Waals surface area contributed by atoms with Gasteiger partial charge < -0.3 is 30.2 Å². The maximum Gasteiger partial charge on any atom is 0.337 e. The van der Waals surface area contributed by atoms with Gasteiger partial charge in [0, 0.05) is 13.0 Å². The number of amides is 2. The average molecular weight is 538 g/mol. The molecular weight excluding hydrogens is 505 g/mol. The van der Waals surface area contributed by atoms with Crippen LogP contribution in [-0.2, 0) is 16.0 Å². The van der Waals surface area contributed by atoms with Gasteiger partial charge >= 0.3 is 12.0 Å². The van der Waals surface area contributed by atoms with E-state index < -0.39 is 23.4 Å². The van der Waals surface area contributed by atoms with Gasteiger partial charge in [0.1, 0.15) is 22.9 Å². The van der Waals surface area contributed by atoms with Crippen LogP contribution in [0.4, 0.5) is 20.6 Å². The van der Waals surface area contributed by atoms with E-state index in [0.717, 1.165) is 0 Å². The van der Waals surface area contributed by atoms with Gasteiger partial charge in [0.2, 0.25) is 0 Å². The molecule has 206 valence electrons. The molecule has 0 saturated carbocycles. The maximum absolute atomic E-state index is 13.8. The Kier molecular flexibility index (Phi) is 9.99. The number of para-hydroxylation sites is 1. The van der Waals surface area contributed by atoms with E-state index in [2.05, 4.69) is 16.0 Å². The van der Waals surface area contributed by atoms with Gasteiger partial charge in [0.25, 0.3) is 0 Å². The molecule has 0 saturated heterocycles. The van der Waals surface area contributed by atoms with Crippen LogP contribution in [0.5, 0.6) is 11.5 Å². The van der Waals surface area contributed by atoms with Crippen LogP contribution in [0.1, 0.15) is 29.8 Å². The highest BCUT2D eigenvalue weighted by Gasteiger charge is 2.20. The lowest BCUT2D eigenvalue weighted by molar-refractivity contribution is -0.117. The number of urea groups is 1. The minimum Gasteiger partial charge on any atom is -0.495 e. The summed E-state index contributed by atoms with van der Waals surface area (Å²) in [5, 5.41) is 8.19. The van der Waals surface area contributed by atoms with E-state index in [0.29, 0.717) is 34.9 Å². The highest BCUT2D eigenvalue weighted by Crippen LogP contribution is 2.26. The van der Waals surface area contributed by atoms with Gasteiger partial charge in [0.05, 0.1) is 37.7 Å². The molecule has 0 bridgehead atoms. The van der Waals surface area contributed by atoms with Gasteiger partial charge in [-0.3, -0.25) is 4.79 Å². The molecule has 0 fully saturated rings. The first-order valence-electron chi connectivity index (χ1n) is 12.2. The minimum atomic E-state index is -0.629. The maximum atomic E-state index is 13.8. The summed E-state index contributed by atoms with van der Waals surface area (Å²) < 4.78 is 29.8. The second-order valence-electron chi connectivity index (χ2n) is 9.29. The number of halogens is 1. The summed E-state index contributed by atoms with van der Waals surface area (Å²) in [6.07, 6.45) is 0.154. The second kappa shape index (κ2) is 13.4. The largest absolute Gasteiger partial charge is 0.495 e. The third-order valence-corrected chi connectivity index (χ3v) is 5.58. The summed E-state index contributed by atoms with van der Waals surface area (Å²) >= 11 is 0. The van der Waals surface area contributed by atoms with E-state index in [-0.39, 0.29) is 24.4 Å². The average Bonchev–Trinajstić information content (AvgIpc) is 2.90. The molecule has 0 heterocycles. The molecule has 39 heavy (non-hydrogen) atoms. The smallest absolute Gasteiger partial charge is 0.337 e. The van der Waals surface area contributed by atoms with Crippen molar-refractivity contribution in [2.24, 2.45) is 0 Å². The molecule has 3 rings (SSSR count). The summed E-state index contributed by atoms with van der Waals surface area (Å²) in [7, 11) is 2.78. The molecule has 0 aliphatic heterocycles. The number of anilines is 2.